The zero-order valence-corrected chi connectivity index (χ0v) is 22.4. The number of allylic oxidation sites excluding steroid dienone is 1. The van der Waals surface area contributed by atoms with E-state index in [9.17, 15) is 14.0 Å². The molecule has 4 heterocycles. The molecule has 204 valence electrons. The molecule has 1 amide bonds. The van der Waals surface area contributed by atoms with E-state index >= 15 is 0 Å². The third kappa shape index (κ3) is 5.62. The maximum absolute atomic E-state index is 15.0. The van der Waals surface area contributed by atoms with Gasteiger partial charge < -0.3 is 15.1 Å². The number of hydrogen-bond donors (Lipinski definition) is 1. The van der Waals surface area contributed by atoms with Crippen molar-refractivity contribution in [1.82, 2.24) is 14.5 Å². The summed E-state index contributed by atoms with van der Waals surface area (Å²) in [4.78, 5) is 34.9. The molecule has 2 saturated heterocycles. The van der Waals surface area contributed by atoms with E-state index in [1.165, 1.54) is 31.7 Å². The molecular formula is C31H36FN5O2. The molecule has 6 rings (SSSR count). The van der Waals surface area contributed by atoms with E-state index in [0.717, 1.165) is 62.4 Å². The van der Waals surface area contributed by atoms with Crippen LogP contribution in [0.2, 0.25) is 0 Å². The van der Waals surface area contributed by atoms with Gasteiger partial charge in [0.2, 0.25) is 5.91 Å². The molecule has 3 aromatic rings. The number of rotatable bonds is 6. The minimum absolute atomic E-state index is 0.0345. The van der Waals surface area contributed by atoms with Gasteiger partial charge in [-0.2, -0.15) is 0 Å². The van der Waals surface area contributed by atoms with Gasteiger partial charge in [-0.15, -0.1) is 0 Å². The van der Waals surface area contributed by atoms with Crippen molar-refractivity contribution in [3.05, 3.63) is 64.0 Å². The zero-order valence-electron chi connectivity index (χ0n) is 22.4. The lowest BCUT2D eigenvalue weighted by Gasteiger charge is -2.29. The molecule has 0 atom stereocenters. The predicted octanol–water partition coefficient (Wildman–Crippen LogP) is 5.28. The molecule has 2 fully saturated rings. The molecule has 0 aliphatic carbocycles. The predicted molar refractivity (Wildman–Crippen MR) is 154 cm³/mol. The number of amides is 1. The summed E-state index contributed by atoms with van der Waals surface area (Å²) in [5.41, 5.74) is 3.63. The second-order valence-electron chi connectivity index (χ2n) is 11.0. The number of anilines is 2. The van der Waals surface area contributed by atoms with Crippen LogP contribution in [0.25, 0.3) is 22.6 Å². The van der Waals surface area contributed by atoms with Crippen molar-refractivity contribution in [2.75, 3.05) is 42.9 Å². The Balaban J connectivity index is 1.18. The minimum Gasteiger partial charge on any atom is -0.369 e. The molecule has 7 nitrogen and oxygen atoms in total. The standard InChI is InChI=1S/C31H36FN5O2/c32-26-20-25-27(21-28(26)36-15-5-2-6-16-36)34-30-23(11-18-37(30)31(25)39)19-22-7-9-24(10-8-22)33-29(38)12-17-35-13-3-1-4-14-35/h7-10,19-21H,1-6,11-18H2,(H,33,38)/b23-19+. The van der Waals surface area contributed by atoms with Crippen LogP contribution in [0.5, 0.6) is 0 Å². The van der Waals surface area contributed by atoms with Crippen LogP contribution in [0.1, 0.15) is 62.8 Å². The van der Waals surface area contributed by atoms with Crippen molar-refractivity contribution in [1.29, 1.82) is 0 Å². The molecule has 3 aliphatic heterocycles. The van der Waals surface area contributed by atoms with Crippen molar-refractivity contribution >= 4 is 39.8 Å². The maximum Gasteiger partial charge on any atom is 0.261 e. The Morgan fingerprint density at radius 3 is 2.41 bits per heavy atom. The Morgan fingerprint density at radius 2 is 1.67 bits per heavy atom. The van der Waals surface area contributed by atoms with Crippen molar-refractivity contribution in [3.63, 3.8) is 0 Å². The number of carbonyl (C=O) groups is 1. The normalized spacial score (nSPS) is 19.0. The lowest BCUT2D eigenvalue weighted by Crippen LogP contribution is -2.32. The number of nitrogens with zero attached hydrogens (tertiary/aromatic N) is 4. The van der Waals surface area contributed by atoms with Crippen molar-refractivity contribution in [2.24, 2.45) is 0 Å². The van der Waals surface area contributed by atoms with Crippen LogP contribution < -0.4 is 15.8 Å². The molecule has 0 saturated carbocycles. The zero-order chi connectivity index (χ0) is 26.8. The van der Waals surface area contributed by atoms with Gasteiger partial charge >= 0.3 is 0 Å². The first-order valence-corrected chi connectivity index (χ1v) is 14.4. The van der Waals surface area contributed by atoms with Gasteiger partial charge in [0.25, 0.3) is 5.56 Å². The average molecular weight is 530 g/mol. The molecule has 0 spiro atoms. The molecule has 39 heavy (non-hydrogen) atoms. The summed E-state index contributed by atoms with van der Waals surface area (Å²) in [6.07, 6.45) is 10.2. The molecule has 2 aromatic carbocycles. The number of aromatic nitrogens is 2. The van der Waals surface area contributed by atoms with Crippen molar-refractivity contribution < 1.29 is 9.18 Å². The summed E-state index contributed by atoms with van der Waals surface area (Å²) >= 11 is 0. The summed E-state index contributed by atoms with van der Waals surface area (Å²) < 4.78 is 16.6. The van der Waals surface area contributed by atoms with E-state index < -0.39 is 0 Å². The van der Waals surface area contributed by atoms with E-state index in [1.54, 1.807) is 10.6 Å². The van der Waals surface area contributed by atoms with Crippen LogP contribution in [0, 0.1) is 5.82 Å². The topological polar surface area (TPSA) is 70.5 Å². The van der Waals surface area contributed by atoms with Crippen LogP contribution >= 0.6 is 0 Å². The highest BCUT2D eigenvalue weighted by Crippen LogP contribution is 2.31. The maximum atomic E-state index is 15.0. The second-order valence-corrected chi connectivity index (χ2v) is 11.0. The average Bonchev–Trinajstić information content (AvgIpc) is 3.36. The van der Waals surface area contributed by atoms with Crippen LogP contribution in [-0.2, 0) is 11.3 Å². The van der Waals surface area contributed by atoms with Crippen LogP contribution in [0.4, 0.5) is 15.8 Å². The number of benzene rings is 2. The summed E-state index contributed by atoms with van der Waals surface area (Å²) in [6, 6.07) is 10.9. The van der Waals surface area contributed by atoms with E-state index in [4.69, 9.17) is 4.98 Å². The van der Waals surface area contributed by atoms with Gasteiger partial charge in [-0.3, -0.25) is 14.2 Å². The van der Waals surface area contributed by atoms with Crippen LogP contribution in [0.3, 0.4) is 0 Å². The number of piperidine rings is 2. The smallest absolute Gasteiger partial charge is 0.261 e. The Morgan fingerprint density at radius 1 is 0.949 bits per heavy atom. The number of carbonyl (C=O) groups excluding carboxylic acids is 1. The number of nitrogens with one attached hydrogen (secondary N) is 1. The molecule has 1 N–H and O–H groups in total. The fourth-order valence-corrected chi connectivity index (χ4v) is 6.07. The van der Waals surface area contributed by atoms with E-state index in [0.29, 0.717) is 41.8 Å². The first-order chi connectivity index (χ1) is 19.0. The molecule has 1 aromatic heterocycles. The molecule has 0 bridgehead atoms. The number of likely N-dealkylation sites (tertiary alicyclic amines) is 1. The lowest BCUT2D eigenvalue weighted by atomic mass is 10.1. The summed E-state index contributed by atoms with van der Waals surface area (Å²) in [5.74, 6) is 0.335. The molecule has 3 aliphatic rings. The highest BCUT2D eigenvalue weighted by Gasteiger charge is 2.23. The van der Waals surface area contributed by atoms with Gasteiger partial charge in [-0.25, -0.2) is 9.37 Å². The third-order valence-electron chi connectivity index (χ3n) is 8.25. The Bertz CT molecular complexity index is 1450. The summed E-state index contributed by atoms with van der Waals surface area (Å²) in [7, 11) is 0. The van der Waals surface area contributed by atoms with Crippen LogP contribution in [0.15, 0.2) is 41.2 Å². The number of hydrogen-bond acceptors (Lipinski definition) is 5. The fraction of sp³-hybridized carbons (Fsp3) is 0.452. The number of halogens is 1. The van der Waals surface area contributed by atoms with Gasteiger partial charge in [0.05, 0.1) is 16.6 Å². The lowest BCUT2D eigenvalue weighted by molar-refractivity contribution is -0.116. The summed E-state index contributed by atoms with van der Waals surface area (Å²) in [5, 5.41) is 3.34. The Hall–Kier alpha value is -3.52. The molecule has 0 unspecified atom stereocenters. The third-order valence-corrected chi connectivity index (χ3v) is 8.25. The SMILES string of the molecule is O=C(CCN1CCCCC1)Nc1ccc(/C=C2\CCn3c2nc2cc(N4CCCCC4)c(F)cc2c3=O)cc1. The van der Waals surface area contributed by atoms with Crippen LogP contribution in [-0.4, -0.2) is 53.1 Å². The van der Waals surface area contributed by atoms with Crippen molar-refractivity contribution in [2.45, 2.75) is 57.9 Å². The molecule has 0 radical (unpaired) electrons. The highest BCUT2D eigenvalue weighted by molar-refractivity contribution is 5.91. The van der Waals surface area contributed by atoms with E-state index in [1.807, 2.05) is 30.3 Å². The van der Waals surface area contributed by atoms with Gasteiger partial charge in [0.1, 0.15) is 11.6 Å². The quantitative estimate of drug-likeness (QED) is 0.470. The largest absolute Gasteiger partial charge is 0.369 e. The molecular weight excluding hydrogens is 493 g/mol. The van der Waals surface area contributed by atoms with Crippen molar-refractivity contribution in [3.8, 4) is 0 Å². The fourth-order valence-electron chi connectivity index (χ4n) is 6.07. The number of fused-ring (bicyclic) bond motifs is 2. The van der Waals surface area contributed by atoms with E-state index in [2.05, 4.69) is 15.1 Å². The first-order valence-electron chi connectivity index (χ1n) is 14.4. The first kappa shape index (κ1) is 25.7. The Labute approximate surface area is 228 Å². The minimum atomic E-state index is -0.351. The Kier molecular flexibility index (Phi) is 7.46. The second kappa shape index (κ2) is 11.3. The molecule has 8 heteroatoms. The summed E-state index contributed by atoms with van der Waals surface area (Å²) in [6.45, 7) is 5.17. The van der Waals surface area contributed by atoms with Gasteiger partial charge in [-0.05, 0) is 93.1 Å². The van der Waals surface area contributed by atoms with Gasteiger partial charge in [0.15, 0.2) is 0 Å². The van der Waals surface area contributed by atoms with Gasteiger partial charge in [0, 0.05) is 38.3 Å². The van der Waals surface area contributed by atoms with Gasteiger partial charge in [-0.1, -0.05) is 18.6 Å². The van der Waals surface area contributed by atoms with E-state index in [-0.39, 0.29) is 17.3 Å². The highest BCUT2D eigenvalue weighted by atomic mass is 19.1. The monoisotopic (exact) mass is 529 g/mol.